The van der Waals surface area contributed by atoms with Crippen molar-refractivity contribution in [3.05, 3.63) is 24.3 Å². The second-order valence-corrected chi connectivity index (χ2v) is 4.88. The number of benzene rings is 1. The average molecular weight is 224 g/mol. The molecule has 0 aromatic heterocycles. The third kappa shape index (κ3) is 3.07. The van der Waals surface area contributed by atoms with Crippen molar-refractivity contribution in [1.82, 2.24) is 0 Å². The van der Waals surface area contributed by atoms with Crippen LogP contribution in [0.2, 0.25) is 0 Å². The van der Waals surface area contributed by atoms with Crippen molar-refractivity contribution >= 4 is 21.4 Å². The van der Waals surface area contributed by atoms with E-state index < -0.39 is 15.7 Å². The van der Waals surface area contributed by atoms with Gasteiger partial charge in [-0.3, -0.25) is 4.79 Å². The quantitative estimate of drug-likeness (QED) is 0.743. The lowest BCUT2D eigenvalue weighted by Crippen LogP contribution is -2.08. The van der Waals surface area contributed by atoms with Crippen LogP contribution in [0.3, 0.4) is 0 Å². The average Bonchev–Trinajstić information content (AvgIpc) is 2.17. The zero-order valence-corrected chi connectivity index (χ0v) is 8.71. The van der Waals surface area contributed by atoms with E-state index in [1.807, 2.05) is 0 Å². The third-order valence-corrected chi connectivity index (χ3v) is 2.77. The molecule has 0 heterocycles. The van der Waals surface area contributed by atoms with Crippen molar-refractivity contribution in [2.45, 2.75) is 4.90 Å². The predicted octanol–water partition coefficient (Wildman–Crippen LogP) is 0.552. The van der Waals surface area contributed by atoms with Crippen LogP contribution < -0.4 is 5.32 Å². The Hall–Kier alpha value is -1.87. The van der Waals surface area contributed by atoms with Gasteiger partial charge >= 0.3 is 5.91 Å². The normalized spacial score (nSPS) is 10.4. The maximum Gasteiger partial charge on any atom is 0.326 e. The van der Waals surface area contributed by atoms with E-state index in [9.17, 15) is 13.2 Å². The van der Waals surface area contributed by atoms with Crippen LogP contribution in [0.25, 0.3) is 0 Å². The number of nitrogens with one attached hydrogen (secondary N) is 1. The van der Waals surface area contributed by atoms with E-state index in [1.54, 1.807) is 0 Å². The largest absolute Gasteiger partial charge is 0.326 e. The van der Waals surface area contributed by atoms with Crippen LogP contribution in [-0.2, 0) is 14.6 Å². The van der Waals surface area contributed by atoms with Gasteiger partial charge in [-0.15, -0.1) is 0 Å². The number of carbonyl (C=O) groups excluding carboxylic acids is 1. The molecule has 5 nitrogen and oxygen atoms in total. The van der Waals surface area contributed by atoms with Crippen molar-refractivity contribution in [3.8, 4) is 6.07 Å². The first kappa shape index (κ1) is 11.2. The highest BCUT2D eigenvalue weighted by Crippen LogP contribution is 2.13. The fraction of sp³-hybridized carbons (Fsp3) is 0.111. The Labute approximate surface area is 87.3 Å². The van der Waals surface area contributed by atoms with Gasteiger partial charge in [-0.1, -0.05) is 0 Å². The number of sulfone groups is 1. The minimum Gasteiger partial charge on any atom is -0.313 e. The van der Waals surface area contributed by atoms with Crippen molar-refractivity contribution in [1.29, 1.82) is 5.26 Å². The molecule has 0 fully saturated rings. The molecule has 0 atom stereocenters. The molecule has 0 bridgehead atoms. The molecule has 0 aliphatic heterocycles. The lowest BCUT2D eigenvalue weighted by atomic mass is 10.3. The van der Waals surface area contributed by atoms with E-state index >= 15 is 0 Å². The van der Waals surface area contributed by atoms with E-state index in [2.05, 4.69) is 5.32 Å². The third-order valence-electron chi connectivity index (χ3n) is 1.64. The van der Waals surface area contributed by atoms with Gasteiger partial charge < -0.3 is 5.32 Å². The van der Waals surface area contributed by atoms with Crippen molar-refractivity contribution in [2.75, 3.05) is 11.6 Å². The molecule has 0 saturated heterocycles. The maximum absolute atomic E-state index is 11.1. The van der Waals surface area contributed by atoms with Gasteiger partial charge in [0, 0.05) is 11.9 Å². The lowest BCUT2D eigenvalue weighted by Gasteiger charge is -2.01. The van der Waals surface area contributed by atoms with E-state index in [-0.39, 0.29) is 4.90 Å². The molecule has 0 spiro atoms. The van der Waals surface area contributed by atoms with E-state index in [4.69, 9.17) is 5.26 Å². The zero-order chi connectivity index (χ0) is 11.5. The molecular formula is C9H8N2O3S. The highest BCUT2D eigenvalue weighted by Gasteiger charge is 2.06. The molecule has 1 rings (SSSR count). The van der Waals surface area contributed by atoms with Gasteiger partial charge in [0.15, 0.2) is 15.9 Å². The molecule has 1 aromatic carbocycles. The van der Waals surface area contributed by atoms with E-state index in [1.165, 1.54) is 30.3 Å². The number of rotatable bonds is 2. The topological polar surface area (TPSA) is 87.0 Å². The number of hydrogen-bond donors (Lipinski definition) is 1. The van der Waals surface area contributed by atoms with Gasteiger partial charge in [0.05, 0.1) is 4.90 Å². The standard InChI is InChI=1S/C9H8N2O3S/c1-15(13,14)8-4-2-7(3-5-8)11-9(12)6-10/h2-5H,1H3,(H,11,12). The zero-order valence-electron chi connectivity index (χ0n) is 7.89. The Morgan fingerprint density at radius 3 is 2.27 bits per heavy atom. The molecule has 15 heavy (non-hydrogen) atoms. The first-order valence-electron chi connectivity index (χ1n) is 3.94. The Kier molecular flexibility index (Phi) is 3.07. The summed E-state index contributed by atoms with van der Waals surface area (Å²) < 4.78 is 22.2. The van der Waals surface area contributed by atoms with Crippen LogP contribution in [0.15, 0.2) is 29.2 Å². The number of amides is 1. The summed E-state index contributed by atoms with van der Waals surface area (Å²) in [6, 6.07) is 6.96. The van der Waals surface area contributed by atoms with Gasteiger partial charge in [0.2, 0.25) is 0 Å². The molecule has 0 saturated carbocycles. The second kappa shape index (κ2) is 4.11. The van der Waals surface area contributed by atoms with Crippen LogP contribution in [0.5, 0.6) is 0 Å². The van der Waals surface area contributed by atoms with Gasteiger partial charge in [-0.05, 0) is 24.3 Å². The number of nitriles is 1. The minimum atomic E-state index is -3.23. The molecule has 78 valence electrons. The fourth-order valence-corrected chi connectivity index (χ4v) is 1.57. The summed E-state index contributed by atoms with van der Waals surface area (Å²) in [5, 5.41) is 10.5. The monoisotopic (exact) mass is 224 g/mol. The van der Waals surface area contributed by atoms with Crippen molar-refractivity contribution < 1.29 is 13.2 Å². The van der Waals surface area contributed by atoms with Crippen molar-refractivity contribution in [2.24, 2.45) is 0 Å². The van der Waals surface area contributed by atoms with E-state index in [0.717, 1.165) is 6.26 Å². The molecule has 6 heteroatoms. The fourth-order valence-electron chi connectivity index (χ4n) is 0.945. The minimum absolute atomic E-state index is 0.164. The second-order valence-electron chi connectivity index (χ2n) is 2.86. The molecule has 0 aliphatic rings. The molecule has 1 amide bonds. The summed E-state index contributed by atoms with van der Waals surface area (Å²) in [4.78, 5) is 10.8. The number of hydrogen-bond acceptors (Lipinski definition) is 4. The molecule has 0 unspecified atom stereocenters. The van der Waals surface area contributed by atoms with Crippen LogP contribution >= 0.6 is 0 Å². The summed E-state index contributed by atoms with van der Waals surface area (Å²) in [7, 11) is -3.23. The number of nitrogens with zero attached hydrogens (tertiary/aromatic N) is 1. The SMILES string of the molecule is CS(=O)(=O)c1ccc(NC(=O)C#N)cc1. The van der Waals surface area contributed by atoms with Gasteiger partial charge in [-0.25, -0.2) is 8.42 Å². The summed E-state index contributed by atoms with van der Waals surface area (Å²) >= 11 is 0. The van der Waals surface area contributed by atoms with Crippen LogP contribution in [0, 0.1) is 11.3 Å². The highest BCUT2D eigenvalue weighted by atomic mass is 32.2. The van der Waals surface area contributed by atoms with Crippen LogP contribution in [0.4, 0.5) is 5.69 Å². The highest BCUT2D eigenvalue weighted by molar-refractivity contribution is 7.90. The Morgan fingerprint density at radius 2 is 1.87 bits per heavy atom. The Morgan fingerprint density at radius 1 is 1.33 bits per heavy atom. The number of carbonyl (C=O) groups is 1. The molecular weight excluding hydrogens is 216 g/mol. The van der Waals surface area contributed by atoms with Crippen molar-refractivity contribution in [3.63, 3.8) is 0 Å². The molecule has 0 aliphatic carbocycles. The molecule has 0 radical (unpaired) electrons. The smallest absolute Gasteiger partial charge is 0.313 e. The van der Waals surface area contributed by atoms with E-state index in [0.29, 0.717) is 5.69 Å². The Bertz CT molecular complexity index is 511. The summed E-state index contributed by atoms with van der Waals surface area (Å²) in [6.07, 6.45) is 1.09. The summed E-state index contributed by atoms with van der Waals surface area (Å²) in [6.45, 7) is 0. The van der Waals surface area contributed by atoms with Crippen LogP contribution in [-0.4, -0.2) is 20.6 Å². The van der Waals surface area contributed by atoms with Crippen LogP contribution in [0.1, 0.15) is 0 Å². The predicted molar refractivity (Wildman–Crippen MR) is 53.8 cm³/mol. The molecule has 1 aromatic rings. The molecule has 1 N–H and O–H groups in total. The van der Waals surface area contributed by atoms with Gasteiger partial charge in [0.25, 0.3) is 0 Å². The number of anilines is 1. The van der Waals surface area contributed by atoms with Gasteiger partial charge in [0.1, 0.15) is 0 Å². The summed E-state index contributed by atoms with van der Waals surface area (Å²) in [5.41, 5.74) is 0.383. The van der Waals surface area contributed by atoms with Gasteiger partial charge in [-0.2, -0.15) is 5.26 Å². The Balaban J connectivity index is 2.92. The first-order chi connectivity index (χ1) is 6.93. The first-order valence-corrected chi connectivity index (χ1v) is 5.84. The maximum atomic E-state index is 11.1. The lowest BCUT2D eigenvalue weighted by molar-refractivity contribution is -0.111. The summed E-state index contributed by atoms with van der Waals surface area (Å²) in [5.74, 6) is -0.790.